The monoisotopic (exact) mass is 333 g/mol. The van der Waals surface area contributed by atoms with E-state index >= 15 is 0 Å². The maximum atomic E-state index is 12.2. The lowest BCUT2D eigenvalue weighted by Crippen LogP contribution is -2.29. The number of hydrogen-bond acceptors (Lipinski definition) is 3. The molecule has 0 aliphatic carbocycles. The van der Waals surface area contributed by atoms with E-state index in [4.69, 9.17) is 5.26 Å². The Morgan fingerprint density at radius 3 is 2.24 bits per heavy atom. The van der Waals surface area contributed by atoms with Crippen LogP contribution in [0, 0.1) is 11.3 Å². The smallest absolute Gasteiger partial charge is 0.255 e. The summed E-state index contributed by atoms with van der Waals surface area (Å²) in [5, 5.41) is 11.6. The van der Waals surface area contributed by atoms with E-state index in [9.17, 15) is 9.59 Å². The SMILES string of the molecule is N#Cc1ccc(C(=O)Nc2ccc(CC(=O)N3CCCC3)cc2)cc1. The predicted octanol–water partition coefficient (Wildman–Crippen LogP) is 2.98. The second-order valence-electron chi connectivity index (χ2n) is 6.10. The number of carbonyl (C=O) groups excluding carboxylic acids is 2. The molecule has 1 fully saturated rings. The Morgan fingerprint density at radius 2 is 1.64 bits per heavy atom. The first-order valence-electron chi connectivity index (χ1n) is 8.34. The lowest BCUT2D eigenvalue weighted by atomic mass is 10.1. The molecule has 25 heavy (non-hydrogen) atoms. The van der Waals surface area contributed by atoms with Gasteiger partial charge in [0.05, 0.1) is 18.1 Å². The molecule has 0 unspecified atom stereocenters. The summed E-state index contributed by atoms with van der Waals surface area (Å²) in [4.78, 5) is 26.2. The third-order valence-electron chi connectivity index (χ3n) is 4.30. The number of amides is 2. The minimum atomic E-state index is -0.231. The minimum absolute atomic E-state index is 0.159. The number of carbonyl (C=O) groups is 2. The van der Waals surface area contributed by atoms with E-state index in [1.54, 1.807) is 36.4 Å². The van der Waals surface area contributed by atoms with E-state index in [1.165, 1.54) is 0 Å². The van der Waals surface area contributed by atoms with Crippen LogP contribution in [0.3, 0.4) is 0 Å². The van der Waals surface area contributed by atoms with Crippen molar-refractivity contribution < 1.29 is 9.59 Å². The van der Waals surface area contributed by atoms with Gasteiger partial charge in [0.1, 0.15) is 0 Å². The zero-order valence-corrected chi connectivity index (χ0v) is 13.9. The Labute approximate surface area is 146 Å². The first-order valence-corrected chi connectivity index (χ1v) is 8.34. The number of benzene rings is 2. The Kier molecular flexibility index (Phi) is 5.10. The Morgan fingerprint density at radius 1 is 1.00 bits per heavy atom. The molecule has 1 saturated heterocycles. The Balaban J connectivity index is 1.59. The summed E-state index contributed by atoms with van der Waals surface area (Å²) in [5.74, 6) is -0.0720. The van der Waals surface area contributed by atoms with E-state index in [0.29, 0.717) is 23.2 Å². The summed E-state index contributed by atoms with van der Waals surface area (Å²) in [5.41, 5.74) is 2.62. The third kappa shape index (κ3) is 4.24. The van der Waals surface area contributed by atoms with Crippen molar-refractivity contribution in [1.29, 1.82) is 5.26 Å². The molecule has 0 radical (unpaired) electrons. The topological polar surface area (TPSA) is 73.2 Å². The molecule has 0 aromatic heterocycles. The number of rotatable bonds is 4. The van der Waals surface area contributed by atoms with Crippen LogP contribution in [-0.4, -0.2) is 29.8 Å². The van der Waals surface area contributed by atoms with Gasteiger partial charge in [-0.15, -0.1) is 0 Å². The standard InChI is InChI=1S/C20H19N3O2/c21-14-16-3-7-17(8-4-16)20(25)22-18-9-5-15(6-10-18)13-19(24)23-11-1-2-12-23/h3-10H,1-2,11-13H2,(H,22,25). The van der Waals surface area contributed by atoms with Gasteiger partial charge in [0.25, 0.3) is 5.91 Å². The normalized spacial score (nSPS) is 13.3. The summed E-state index contributed by atoms with van der Waals surface area (Å²) in [7, 11) is 0. The summed E-state index contributed by atoms with van der Waals surface area (Å²) < 4.78 is 0. The van der Waals surface area contributed by atoms with Crippen LogP contribution in [0.1, 0.15) is 34.3 Å². The fourth-order valence-corrected chi connectivity index (χ4v) is 2.86. The number of nitrogens with zero attached hydrogens (tertiary/aromatic N) is 2. The van der Waals surface area contributed by atoms with E-state index in [1.807, 2.05) is 23.1 Å². The van der Waals surface area contributed by atoms with Crippen molar-refractivity contribution in [2.75, 3.05) is 18.4 Å². The molecule has 0 spiro atoms. The maximum absolute atomic E-state index is 12.2. The number of anilines is 1. The van der Waals surface area contributed by atoms with E-state index in [0.717, 1.165) is 31.5 Å². The first kappa shape index (κ1) is 16.7. The van der Waals surface area contributed by atoms with Crippen LogP contribution in [-0.2, 0) is 11.2 Å². The molecule has 2 aromatic rings. The van der Waals surface area contributed by atoms with Crippen LogP contribution < -0.4 is 5.32 Å². The highest BCUT2D eigenvalue weighted by atomic mass is 16.2. The van der Waals surface area contributed by atoms with Gasteiger partial charge in [-0.05, 0) is 54.8 Å². The van der Waals surface area contributed by atoms with Gasteiger partial charge in [0.15, 0.2) is 0 Å². The molecule has 1 aliphatic rings. The van der Waals surface area contributed by atoms with Gasteiger partial charge in [-0.2, -0.15) is 5.26 Å². The van der Waals surface area contributed by atoms with Crippen molar-refractivity contribution in [1.82, 2.24) is 4.90 Å². The van der Waals surface area contributed by atoms with Crippen LogP contribution in [0.25, 0.3) is 0 Å². The molecule has 3 rings (SSSR count). The van der Waals surface area contributed by atoms with Gasteiger partial charge < -0.3 is 10.2 Å². The van der Waals surface area contributed by atoms with Gasteiger partial charge >= 0.3 is 0 Å². The van der Waals surface area contributed by atoms with Crippen LogP contribution in [0.2, 0.25) is 0 Å². The molecular formula is C20H19N3O2. The summed E-state index contributed by atoms with van der Waals surface area (Å²) >= 11 is 0. The molecule has 126 valence electrons. The fourth-order valence-electron chi connectivity index (χ4n) is 2.86. The zero-order valence-electron chi connectivity index (χ0n) is 13.9. The van der Waals surface area contributed by atoms with Gasteiger partial charge in [0.2, 0.25) is 5.91 Å². The quantitative estimate of drug-likeness (QED) is 0.935. The molecular weight excluding hydrogens is 314 g/mol. The molecule has 0 bridgehead atoms. The fraction of sp³-hybridized carbons (Fsp3) is 0.250. The molecule has 1 heterocycles. The molecule has 0 atom stereocenters. The van der Waals surface area contributed by atoms with Crippen LogP contribution >= 0.6 is 0 Å². The Hall–Kier alpha value is -3.13. The van der Waals surface area contributed by atoms with Gasteiger partial charge in [-0.3, -0.25) is 9.59 Å². The van der Waals surface area contributed by atoms with E-state index < -0.39 is 0 Å². The summed E-state index contributed by atoms with van der Waals surface area (Å²) in [6, 6.07) is 15.8. The van der Waals surface area contributed by atoms with Crippen molar-refractivity contribution >= 4 is 17.5 Å². The number of hydrogen-bond donors (Lipinski definition) is 1. The summed E-state index contributed by atoms with van der Waals surface area (Å²) in [6.07, 6.45) is 2.57. The molecule has 1 aliphatic heterocycles. The highest BCUT2D eigenvalue weighted by molar-refractivity contribution is 6.04. The predicted molar refractivity (Wildman–Crippen MR) is 95.1 cm³/mol. The van der Waals surface area contributed by atoms with Crippen molar-refractivity contribution in [2.24, 2.45) is 0 Å². The van der Waals surface area contributed by atoms with Crippen molar-refractivity contribution in [3.63, 3.8) is 0 Å². The zero-order chi connectivity index (χ0) is 17.6. The lowest BCUT2D eigenvalue weighted by molar-refractivity contribution is -0.129. The molecule has 5 nitrogen and oxygen atoms in total. The van der Waals surface area contributed by atoms with E-state index in [-0.39, 0.29) is 11.8 Å². The maximum Gasteiger partial charge on any atom is 0.255 e. The minimum Gasteiger partial charge on any atom is -0.342 e. The second kappa shape index (κ2) is 7.63. The van der Waals surface area contributed by atoms with Gasteiger partial charge in [-0.25, -0.2) is 0 Å². The molecule has 0 saturated carbocycles. The number of likely N-dealkylation sites (tertiary alicyclic amines) is 1. The van der Waals surface area contributed by atoms with Gasteiger partial charge in [0, 0.05) is 24.3 Å². The lowest BCUT2D eigenvalue weighted by Gasteiger charge is -2.15. The highest BCUT2D eigenvalue weighted by Gasteiger charge is 2.17. The average molecular weight is 333 g/mol. The third-order valence-corrected chi connectivity index (χ3v) is 4.30. The molecule has 2 aromatic carbocycles. The number of nitrogens with one attached hydrogen (secondary N) is 1. The molecule has 1 N–H and O–H groups in total. The first-order chi connectivity index (χ1) is 12.2. The van der Waals surface area contributed by atoms with Crippen LogP contribution in [0.5, 0.6) is 0 Å². The van der Waals surface area contributed by atoms with Gasteiger partial charge in [-0.1, -0.05) is 12.1 Å². The second-order valence-corrected chi connectivity index (χ2v) is 6.10. The largest absolute Gasteiger partial charge is 0.342 e. The van der Waals surface area contributed by atoms with Crippen LogP contribution in [0.4, 0.5) is 5.69 Å². The molecule has 5 heteroatoms. The van der Waals surface area contributed by atoms with Crippen LogP contribution in [0.15, 0.2) is 48.5 Å². The van der Waals surface area contributed by atoms with Crippen molar-refractivity contribution in [3.8, 4) is 6.07 Å². The van der Waals surface area contributed by atoms with E-state index in [2.05, 4.69) is 5.32 Å². The highest BCUT2D eigenvalue weighted by Crippen LogP contribution is 2.15. The Bertz CT molecular complexity index is 798. The summed E-state index contributed by atoms with van der Waals surface area (Å²) in [6.45, 7) is 1.72. The van der Waals surface area contributed by atoms with Crippen molar-refractivity contribution in [2.45, 2.75) is 19.3 Å². The molecule has 2 amide bonds. The number of nitriles is 1. The van der Waals surface area contributed by atoms with Crippen molar-refractivity contribution in [3.05, 3.63) is 65.2 Å². The average Bonchev–Trinajstić information content (AvgIpc) is 3.18.